The van der Waals surface area contributed by atoms with Crippen LogP contribution in [0.25, 0.3) is 0 Å². The Hall–Kier alpha value is -1.31. The summed E-state index contributed by atoms with van der Waals surface area (Å²) in [6, 6.07) is 6.80. The molecule has 0 radical (unpaired) electrons. The van der Waals surface area contributed by atoms with Crippen LogP contribution in [-0.2, 0) is 17.6 Å². The SMILES string of the molecule is CCc1ccc2c(c1)C[C@@H](C)[C@H](C)N2C(C)=O. The van der Waals surface area contributed by atoms with Crippen LogP contribution in [0.2, 0.25) is 0 Å². The molecule has 0 spiro atoms. The molecule has 0 saturated heterocycles. The van der Waals surface area contributed by atoms with Crippen LogP contribution in [0, 0.1) is 5.92 Å². The first kappa shape index (κ1) is 12.2. The number of benzene rings is 1. The molecule has 1 aromatic carbocycles. The zero-order valence-corrected chi connectivity index (χ0v) is 11.2. The smallest absolute Gasteiger partial charge is 0.224 e. The van der Waals surface area contributed by atoms with Crippen LogP contribution in [0.1, 0.15) is 38.8 Å². The molecule has 2 heteroatoms. The summed E-state index contributed by atoms with van der Waals surface area (Å²) >= 11 is 0. The Morgan fingerprint density at radius 3 is 2.71 bits per heavy atom. The molecule has 1 amide bonds. The van der Waals surface area contributed by atoms with Gasteiger partial charge in [0, 0.05) is 18.7 Å². The standard InChI is InChI=1S/C15H21NO/c1-5-13-6-7-15-14(9-13)8-10(2)11(3)16(15)12(4)17/h6-7,9-11H,5,8H2,1-4H3/t10-,11+/m1/s1. The van der Waals surface area contributed by atoms with Crippen LogP contribution in [0.5, 0.6) is 0 Å². The predicted molar refractivity (Wildman–Crippen MR) is 71.3 cm³/mol. The molecule has 0 saturated carbocycles. The summed E-state index contributed by atoms with van der Waals surface area (Å²) in [5.74, 6) is 0.674. The zero-order chi connectivity index (χ0) is 12.6. The van der Waals surface area contributed by atoms with Gasteiger partial charge in [0.15, 0.2) is 0 Å². The molecular weight excluding hydrogens is 210 g/mol. The molecule has 2 nitrogen and oxygen atoms in total. The topological polar surface area (TPSA) is 20.3 Å². The van der Waals surface area contributed by atoms with E-state index in [0.717, 1.165) is 18.5 Å². The average molecular weight is 231 g/mol. The van der Waals surface area contributed by atoms with Gasteiger partial charge in [0.2, 0.25) is 5.91 Å². The van der Waals surface area contributed by atoms with Crippen molar-refractivity contribution in [2.45, 2.75) is 46.6 Å². The highest BCUT2D eigenvalue weighted by Gasteiger charge is 2.30. The van der Waals surface area contributed by atoms with E-state index in [-0.39, 0.29) is 5.91 Å². The Morgan fingerprint density at radius 2 is 2.12 bits per heavy atom. The Labute approximate surface area is 104 Å². The van der Waals surface area contributed by atoms with E-state index in [4.69, 9.17) is 0 Å². The number of nitrogens with zero attached hydrogens (tertiary/aromatic N) is 1. The van der Waals surface area contributed by atoms with Crippen molar-refractivity contribution in [2.75, 3.05) is 4.90 Å². The maximum atomic E-state index is 11.8. The van der Waals surface area contributed by atoms with E-state index >= 15 is 0 Å². The summed E-state index contributed by atoms with van der Waals surface area (Å²) in [4.78, 5) is 13.7. The van der Waals surface area contributed by atoms with E-state index in [1.807, 2.05) is 4.90 Å². The lowest BCUT2D eigenvalue weighted by atomic mass is 9.86. The van der Waals surface area contributed by atoms with E-state index in [2.05, 4.69) is 39.0 Å². The fraction of sp³-hybridized carbons (Fsp3) is 0.533. The van der Waals surface area contributed by atoms with Crippen molar-refractivity contribution in [1.82, 2.24) is 0 Å². The highest BCUT2D eigenvalue weighted by Crippen LogP contribution is 2.34. The van der Waals surface area contributed by atoms with Gasteiger partial charge >= 0.3 is 0 Å². The molecule has 2 rings (SSSR count). The molecule has 1 aromatic rings. The second kappa shape index (κ2) is 4.52. The maximum absolute atomic E-state index is 11.8. The van der Waals surface area contributed by atoms with Gasteiger partial charge < -0.3 is 4.90 Å². The van der Waals surface area contributed by atoms with Crippen molar-refractivity contribution in [3.8, 4) is 0 Å². The van der Waals surface area contributed by atoms with Gasteiger partial charge in [-0.15, -0.1) is 0 Å². The van der Waals surface area contributed by atoms with Gasteiger partial charge in [0.1, 0.15) is 0 Å². The number of amides is 1. The maximum Gasteiger partial charge on any atom is 0.224 e. The van der Waals surface area contributed by atoms with Gasteiger partial charge in [0.25, 0.3) is 0 Å². The van der Waals surface area contributed by atoms with Crippen molar-refractivity contribution in [2.24, 2.45) is 5.92 Å². The summed E-state index contributed by atoms with van der Waals surface area (Å²) < 4.78 is 0. The van der Waals surface area contributed by atoms with Crippen LogP contribution in [-0.4, -0.2) is 11.9 Å². The monoisotopic (exact) mass is 231 g/mol. The number of carbonyl (C=O) groups excluding carboxylic acids is 1. The molecule has 0 bridgehead atoms. The van der Waals surface area contributed by atoms with Gasteiger partial charge in [-0.2, -0.15) is 0 Å². The average Bonchev–Trinajstić information content (AvgIpc) is 2.29. The zero-order valence-electron chi connectivity index (χ0n) is 11.2. The van der Waals surface area contributed by atoms with Crippen LogP contribution in [0.3, 0.4) is 0 Å². The molecule has 17 heavy (non-hydrogen) atoms. The minimum Gasteiger partial charge on any atom is -0.309 e. The Bertz CT molecular complexity index is 439. The van der Waals surface area contributed by atoms with Crippen molar-refractivity contribution >= 4 is 11.6 Å². The van der Waals surface area contributed by atoms with Crippen molar-refractivity contribution in [3.63, 3.8) is 0 Å². The molecule has 0 N–H and O–H groups in total. The number of carbonyl (C=O) groups is 1. The summed E-state index contributed by atoms with van der Waals surface area (Å²) in [6.45, 7) is 8.19. The van der Waals surface area contributed by atoms with E-state index in [9.17, 15) is 4.79 Å². The molecular formula is C15H21NO. The second-order valence-electron chi connectivity index (χ2n) is 5.13. The van der Waals surface area contributed by atoms with E-state index in [1.54, 1.807) is 6.92 Å². The molecule has 92 valence electrons. The molecule has 1 aliphatic heterocycles. The van der Waals surface area contributed by atoms with Crippen molar-refractivity contribution < 1.29 is 4.79 Å². The first-order valence-electron chi connectivity index (χ1n) is 6.46. The molecule has 0 fully saturated rings. The predicted octanol–water partition coefficient (Wildman–Crippen LogP) is 3.18. The van der Waals surface area contributed by atoms with Crippen molar-refractivity contribution in [3.05, 3.63) is 29.3 Å². The summed E-state index contributed by atoms with van der Waals surface area (Å²) in [5.41, 5.74) is 3.79. The van der Waals surface area contributed by atoms with Gasteiger partial charge in [0.05, 0.1) is 0 Å². The van der Waals surface area contributed by atoms with Crippen LogP contribution < -0.4 is 4.90 Å². The molecule has 0 unspecified atom stereocenters. The quantitative estimate of drug-likeness (QED) is 0.727. The number of hydrogen-bond donors (Lipinski definition) is 0. The van der Waals surface area contributed by atoms with Crippen LogP contribution in [0.15, 0.2) is 18.2 Å². The summed E-state index contributed by atoms with van der Waals surface area (Å²) in [6.07, 6.45) is 2.13. The normalized spacial score (nSPS) is 23.4. The Balaban J connectivity index is 2.49. The third-order valence-corrected chi connectivity index (χ3v) is 3.92. The Morgan fingerprint density at radius 1 is 1.41 bits per heavy atom. The van der Waals surface area contributed by atoms with Gasteiger partial charge in [-0.05, 0) is 42.9 Å². The number of hydrogen-bond acceptors (Lipinski definition) is 1. The summed E-state index contributed by atoms with van der Waals surface area (Å²) in [5, 5.41) is 0. The van der Waals surface area contributed by atoms with Gasteiger partial charge in [-0.3, -0.25) is 4.79 Å². The molecule has 0 aromatic heterocycles. The van der Waals surface area contributed by atoms with E-state index in [0.29, 0.717) is 12.0 Å². The third kappa shape index (κ3) is 2.08. The third-order valence-electron chi connectivity index (χ3n) is 3.92. The summed E-state index contributed by atoms with van der Waals surface area (Å²) in [7, 11) is 0. The first-order valence-corrected chi connectivity index (χ1v) is 6.46. The fourth-order valence-electron chi connectivity index (χ4n) is 2.70. The first-order chi connectivity index (χ1) is 8.04. The lowest BCUT2D eigenvalue weighted by Gasteiger charge is -2.39. The second-order valence-corrected chi connectivity index (χ2v) is 5.13. The lowest BCUT2D eigenvalue weighted by Crippen LogP contribution is -2.45. The van der Waals surface area contributed by atoms with Crippen LogP contribution >= 0.6 is 0 Å². The molecule has 1 heterocycles. The highest BCUT2D eigenvalue weighted by molar-refractivity contribution is 5.93. The number of anilines is 1. The van der Waals surface area contributed by atoms with Gasteiger partial charge in [-0.1, -0.05) is 26.0 Å². The Kier molecular flexibility index (Phi) is 3.23. The minimum absolute atomic E-state index is 0.148. The molecule has 2 atom stereocenters. The number of fused-ring (bicyclic) bond motifs is 1. The van der Waals surface area contributed by atoms with Crippen molar-refractivity contribution in [1.29, 1.82) is 0 Å². The van der Waals surface area contributed by atoms with E-state index < -0.39 is 0 Å². The molecule has 0 aliphatic carbocycles. The van der Waals surface area contributed by atoms with E-state index in [1.165, 1.54) is 11.1 Å². The number of aryl methyl sites for hydroxylation is 1. The van der Waals surface area contributed by atoms with Crippen LogP contribution in [0.4, 0.5) is 5.69 Å². The highest BCUT2D eigenvalue weighted by atomic mass is 16.2. The van der Waals surface area contributed by atoms with Gasteiger partial charge in [-0.25, -0.2) is 0 Å². The lowest BCUT2D eigenvalue weighted by molar-refractivity contribution is -0.117. The minimum atomic E-state index is 0.148. The number of rotatable bonds is 1. The molecule has 1 aliphatic rings. The largest absolute Gasteiger partial charge is 0.309 e. The fourth-order valence-corrected chi connectivity index (χ4v) is 2.70.